The maximum absolute atomic E-state index is 12.0. The Morgan fingerprint density at radius 3 is 2.62 bits per heavy atom. The minimum atomic E-state index is -0.0479. The number of carbonyl (C=O) groups is 1. The second-order valence-corrected chi connectivity index (χ2v) is 5.99. The second kappa shape index (κ2) is 6.39. The van der Waals surface area contributed by atoms with E-state index in [1.165, 1.54) is 12.8 Å². The van der Waals surface area contributed by atoms with Gasteiger partial charge in [-0.3, -0.25) is 4.79 Å². The normalized spacial score (nSPS) is 23.3. The van der Waals surface area contributed by atoms with E-state index in [0.29, 0.717) is 18.9 Å². The van der Waals surface area contributed by atoms with Crippen molar-refractivity contribution in [2.45, 2.75) is 26.2 Å². The van der Waals surface area contributed by atoms with Crippen molar-refractivity contribution in [1.82, 2.24) is 9.97 Å². The molecule has 1 amide bonds. The van der Waals surface area contributed by atoms with Gasteiger partial charge in [-0.2, -0.15) is 0 Å². The monoisotopic (exact) mass is 290 g/mol. The van der Waals surface area contributed by atoms with Crippen LogP contribution in [0.1, 0.15) is 26.2 Å². The highest BCUT2D eigenvalue weighted by molar-refractivity contribution is 5.92. The van der Waals surface area contributed by atoms with Gasteiger partial charge >= 0.3 is 0 Å². The van der Waals surface area contributed by atoms with E-state index in [1.54, 1.807) is 12.4 Å². The van der Waals surface area contributed by atoms with Crippen LogP contribution in [0.3, 0.4) is 0 Å². The second-order valence-electron chi connectivity index (χ2n) is 5.99. The van der Waals surface area contributed by atoms with Crippen molar-refractivity contribution < 1.29 is 9.53 Å². The third kappa shape index (κ3) is 3.50. The molecule has 0 aromatic carbocycles. The van der Waals surface area contributed by atoms with Crippen LogP contribution in [0.25, 0.3) is 0 Å². The fourth-order valence-electron chi connectivity index (χ4n) is 2.74. The Balaban J connectivity index is 1.57. The lowest BCUT2D eigenvalue weighted by Gasteiger charge is -2.30. The summed E-state index contributed by atoms with van der Waals surface area (Å²) in [7, 11) is 0. The molecule has 2 aliphatic heterocycles. The maximum Gasteiger partial charge on any atom is 0.229 e. The number of piperidine rings is 1. The largest absolute Gasteiger partial charge is 0.381 e. The molecule has 6 heteroatoms. The fourth-order valence-corrected chi connectivity index (χ4v) is 2.74. The van der Waals surface area contributed by atoms with Gasteiger partial charge in [0.05, 0.1) is 30.6 Å². The van der Waals surface area contributed by atoms with Crippen molar-refractivity contribution in [3.8, 4) is 0 Å². The van der Waals surface area contributed by atoms with Crippen LogP contribution in [0.2, 0.25) is 0 Å². The smallest absolute Gasteiger partial charge is 0.229 e. The molecule has 1 aromatic heterocycles. The predicted octanol–water partition coefficient (Wildman–Crippen LogP) is 1.69. The summed E-state index contributed by atoms with van der Waals surface area (Å²) in [6, 6.07) is 0. The molecular formula is C15H22N4O2. The number of aromatic nitrogens is 2. The van der Waals surface area contributed by atoms with Crippen LogP contribution in [0.15, 0.2) is 12.4 Å². The Hall–Kier alpha value is -1.69. The van der Waals surface area contributed by atoms with E-state index in [-0.39, 0.29) is 11.8 Å². The zero-order valence-corrected chi connectivity index (χ0v) is 12.4. The molecule has 0 aliphatic carbocycles. The molecule has 0 spiro atoms. The summed E-state index contributed by atoms with van der Waals surface area (Å²) < 4.78 is 5.22. The number of nitrogens with one attached hydrogen (secondary N) is 1. The van der Waals surface area contributed by atoms with Crippen LogP contribution in [-0.2, 0) is 9.53 Å². The molecule has 2 saturated heterocycles. The summed E-state index contributed by atoms with van der Waals surface area (Å²) in [5, 5.41) is 2.86. The molecule has 3 rings (SSSR count). The lowest BCUT2D eigenvalue weighted by atomic mass is 10.00. The average Bonchev–Trinajstić information content (AvgIpc) is 3.03. The first kappa shape index (κ1) is 14.3. The summed E-state index contributed by atoms with van der Waals surface area (Å²) in [5.41, 5.74) is 0.654. The molecular weight excluding hydrogens is 268 g/mol. The summed E-state index contributed by atoms with van der Waals surface area (Å²) in [4.78, 5) is 22.9. The highest BCUT2D eigenvalue weighted by Crippen LogP contribution is 2.20. The van der Waals surface area contributed by atoms with Crippen LogP contribution >= 0.6 is 0 Å². The number of hydrogen-bond acceptors (Lipinski definition) is 5. The number of carbonyl (C=O) groups excluding carboxylic acids is 1. The third-order valence-electron chi connectivity index (χ3n) is 4.27. The van der Waals surface area contributed by atoms with Crippen molar-refractivity contribution in [3.05, 3.63) is 12.4 Å². The highest BCUT2D eigenvalue weighted by Gasteiger charge is 2.24. The van der Waals surface area contributed by atoms with E-state index < -0.39 is 0 Å². The topological polar surface area (TPSA) is 67.4 Å². The van der Waals surface area contributed by atoms with Crippen LogP contribution < -0.4 is 10.2 Å². The van der Waals surface area contributed by atoms with Gasteiger partial charge in [0.25, 0.3) is 0 Å². The molecule has 0 bridgehead atoms. The Labute approximate surface area is 124 Å². The molecule has 1 atom stereocenters. The zero-order valence-electron chi connectivity index (χ0n) is 12.4. The third-order valence-corrected chi connectivity index (χ3v) is 4.27. The molecule has 1 N–H and O–H groups in total. The number of amides is 1. The van der Waals surface area contributed by atoms with Crippen molar-refractivity contribution >= 4 is 17.5 Å². The zero-order chi connectivity index (χ0) is 14.7. The van der Waals surface area contributed by atoms with Gasteiger partial charge in [0.15, 0.2) is 0 Å². The summed E-state index contributed by atoms with van der Waals surface area (Å²) in [5.74, 6) is 1.49. The van der Waals surface area contributed by atoms with Crippen LogP contribution in [0.4, 0.5) is 11.6 Å². The van der Waals surface area contributed by atoms with Crippen LogP contribution in [0.5, 0.6) is 0 Å². The first-order valence-electron chi connectivity index (χ1n) is 7.68. The highest BCUT2D eigenvalue weighted by atomic mass is 16.5. The maximum atomic E-state index is 12.0. The Morgan fingerprint density at radius 2 is 2.00 bits per heavy atom. The predicted molar refractivity (Wildman–Crippen MR) is 80.2 cm³/mol. The van der Waals surface area contributed by atoms with Gasteiger partial charge in [0.1, 0.15) is 0 Å². The Kier molecular flexibility index (Phi) is 4.34. The first-order valence-corrected chi connectivity index (χ1v) is 7.68. The van der Waals surface area contributed by atoms with Gasteiger partial charge in [-0.15, -0.1) is 0 Å². The number of hydrogen-bond donors (Lipinski definition) is 1. The van der Waals surface area contributed by atoms with Crippen LogP contribution in [-0.4, -0.2) is 42.2 Å². The van der Waals surface area contributed by atoms with Gasteiger partial charge < -0.3 is 15.0 Å². The van der Waals surface area contributed by atoms with Gasteiger partial charge in [0, 0.05) is 19.7 Å². The molecule has 3 heterocycles. The molecule has 2 aliphatic rings. The Bertz CT molecular complexity index is 477. The Morgan fingerprint density at radius 1 is 1.29 bits per heavy atom. The summed E-state index contributed by atoms with van der Waals surface area (Å²) in [6.07, 6.45) is 6.53. The minimum Gasteiger partial charge on any atom is -0.381 e. The molecule has 6 nitrogen and oxygen atoms in total. The number of nitrogens with zero attached hydrogens (tertiary/aromatic N) is 3. The van der Waals surface area contributed by atoms with E-state index in [2.05, 4.69) is 27.1 Å². The quantitative estimate of drug-likeness (QED) is 0.917. The molecule has 0 radical (unpaired) electrons. The van der Waals surface area contributed by atoms with Crippen molar-refractivity contribution in [2.24, 2.45) is 11.8 Å². The van der Waals surface area contributed by atoms with Crippen molar-refractivity contribution in [3.63, 3.8) is 0 Å². The first-order chi connectivity index (χ1) is 10.2. The molecule has 2 fully saturated rings. The number of anilines is 2. The van der Waals surface area contributed by atoms with E-state index in [1.807, 2.05) is 0 Å². The number of rotatable bonds is 3. The molecule has 21 heavy (non-hydrogen) atoms. The molecule has 0 saturated carbocycles. The summed E-state index contributed by atoms with van der Waals surface area (Å²) in [6.45, 7) is 5.47. The SMILES string of the molecule is CC1CCN(c2ncc(NC(=O)C3CCOC3)cn2)CC1. The minimum absolute atomic E-state index is 0.00403. The standard InChI is InChI=1S/C15H22N4O2/c1-11-2-5-19(6-3-11)15-16-8-13(9-17-15)18-14(20)12-4-7-21-10-12/h8-9,11-12H,2-7,10H2,1H3,(H,18,20). The summed E-state index contributed by atoms with van der Waals surface area (Å²) >= 11 is 0. The lowest BCUT2D eigenvalue weighted by Crippen LogP contribution is -2.34. The molecule has 1 unspecified atom stereocenters. The molecule has 1 aromatic rings. The van der Waals surface area contributed by atoms with Crippen molar-refractivity contribution in [1.29, 1.82) is 0 Å². The van der Waals surface area contributed by atoms with Gasteiger partial charge in [0.2, 0.25) is 11.9 Å². The van der Waals surface area contributed by atoms with Gasteiger partial charge in [-0.05, 0) is 25.2 Å². The van der Waals surface area contributed by atoms with E-state index in [4.69, 9.17) is 4.74 Å². The van der Waals surface area contributed by atoms with E-state index in [0.717, 1.165) is 31.4 Å². The van der Waals surface area contributed by atoms with E-state index >= 15 is 0 Å². The van der Waals surface area contributed by atoms with Crippen LogP contribution in [0, 0.1) is 11.8 Å². The van der Waals surface area contributed by atoms with Gasteiger partial charge in [-0.25, -0.2) is 9.97 Å². The lowest BCUT2D eigenvalue weighted by molar-refractivity contribution is -0.119. The number of ether oxygens (including phenoxy) is 1. The molecule has 114 valence electrons. The van der Waals surface area contributed by atoms with Crippen molar-refractivity contribution in [2.75, 3.05) is 36.5 Å². The van der Waals surface area contributed by atoms with E-state index in [9.17, 15) is 4.79 Å². The van der Waals surface area contributed by atoms with Gasteiger partial charge in [-0.1, -0.05) is 6.92 Å². The fraction of sp³-hybridized carbons (Fsp3) is 0.667. The average molecular weight is 290 g/mol.